The number of nitrogens with one attached hydrogen (secondary N) is 1. The summed E-state index contributed by atoms with van der Waals surface area (Å²) in [5, 5.41) is 3.71. The van der Waals surface area contributed by atoms with Gasteiger partial charge < -0.3 is 10.2 Å². The van der Waals surface area contributed by atoms with Crippen LogP contribution in [-0.4, -0.2) is 56.1 Å². The van der Waals surface area contributed by atoms with Crippen LogP contribution in [0.1, 0.15) is 24.8 Å². The van der Waals surface area contributed by atoms with Crippen LogP contribution >= 0.6 is 0 Å². The summed E-state index contributed by atoms with van der Waals surface area (Å²) in [5.41, 5.74) is 1.44. The van der Waals surface area contributed by atoms with Crippen LogP contribution in [0.4, 0.5) is 0 Å². The molecule has 0 atom stereocenters. The van der Waals surface area contributed by atoms with E-state index in [9.17, 15) is 0 Å². The van der Waals surface area contributed by atoms with Gasteiger partial charge in [0, 0.05) is 12.6 Å². The lowest BCUT2D eigenvalue weighted by Crippen LogP contribution is -2.42. The molecule has 1 aromatic carbocycles. The quantitative estimate of drug-likeness (QED) is 0.770. The van der Waals surface area contributed by atoms with Gasteiger partial charge in [-0.3, -0.25) is 4.90 Å². The average molecular weight is 275 g/mol. The fourth-order valence-electron chi connectivity index (χ4n) is 2.84. The van der Waals surface area contributed by atoms with Crippen molar-refractivity contribution in [3.05, 3.63) is 35.9 Å². The summed E-state index contributed by atoms with van der Waals surface area (Å²) in [5.74, 6) is 0. The maximum Gasteiger partial charge on any atom is 0.0233 e. The van der Waals surface area contributed by atoms with E-state index in [0.717, 1.165) is 19.1 Å². The Kier molecular flexibility index (Phi) is 6.51. The van der Waals surface area contributed by atoms with Crippen molar-refractivity contribution in [2.75, 3.05) is 40.3 Å². The second kappa shape index (κ2) is 8.40. The van der Waals surface area contributed by atoms with E-state index >= 15 is 0 Å². The van der Waals surface area contributed by atoms with Gasteiger partial charge in [0.05, 0.1) is 0 Å². The van der Waals surface area contributed by atoms with Crippen LogP contribution in [0.3, 0.4) is 0 Å². The molecule has 20 heavy (non-hydrogen) atoms. The first kappa shape index (κ1) is 15.5. The molecular weight excluding hydrogens is 246 g/mol. The Hall–Kier alpha value is -0.900. The lowest BCUT2D eigenvalue weighted by atomic mass is 10.0. The zero-order valence-corrected chi connectivity index (χ0v) is 13.0. The molecule has 1 saturated heterocycles. The lowest BCUT2D eigenvalue weighted by molar-refractivity contribution is 0.190. The Labute approximate surface area is 124 Å². The van der Waals surface area contributed by atoms with Crippen molar-refractivity contribution in [1.82, 2.24) is 15.1 Å². The van der Waals surface area contributed by atoms with Gasteiger partial charge >= 0.3 is 0 Å². The minimum Gasteiger partial charge on any atom is -0.314 e. The topological polar surface area (TPSA) is 18.5 Å². The molecule has 0 spiro atoms. The van der Waals surface area contributed by atoms with Crippen LogP contribution in [0, 0.1) is 0 Å². The summed E-state index contributed by atoms with van der Waals surface area (Å²) in [6.07, 6.45) is 3.82. The van der Waals surface area contributed by atoms with E-state index in [0.29, 0.717) is 0 Å². The van der Waals surface area contributed by atoms with E-state index in [4.69, 9.17) is 0 Å². The first-order valence-electron chi connectivity index (χ1n) is 7.88. The second-order valence-electron chi connectivity index (χ2n) is 6.15. The van der Waals surface area contributed by atoms with Crippen molar-refractivity contribution >= 4 is 0 Å². The highest BCUT2D eigenvalue weighted by atomic mass is 15.1. The molecular formula is C17H29N3. The molecule has 0 radical (unpaired) electrons. The van der Waals surface area contributed by atoms with E-state index in [1.165, 1.54) is 44.5 Å². The summed E-state index contributed by atoms with van der Waals surface area (Å²) in [4.78, 5) is 4.83. The smallest absolute Gasteiger partial charge is 0.0233 e. The van der Waals surface area contributed by atoms with Gasteiger partial charge in [-0.25, -0.2) is 0 Å². The van der Waals surface area contributed by atoms with Crippen LogP contribution in [0.25, 0.3) is 0 Å². The molecule has 112 valence electrons. The van der Waals surface area contributed by atoms with Crippen LogP contribution in [-0.2, 0) is 6.54 Å². The van der Waals surface area contributed by atoms with Gasteiger partial charge in [-0.15, -0.1) is 0 Å². The molecule has 3 nitrogen and oxygen atoms in total. The fraction of sp³-hybridized carbons (Fsp3) is 0.647. The third-order valence-corrected chi connectivity index (χ3v) is 4.05. The molecule has 2 rings (SSSR count). The number of hydrogen-bond donors (Lipinski definition) is 1. The summed E-state index contributed by atoms with van der Waals surface area (Å²) in [7, 11) is 4.28. The van der Waals surface area contributed by atoms with Crippen molar-refractivity contribution in [2.24, 2.45) is 0 Å². The summed E-state index contributed by atoms with van der Waals surface area (Å²) >= 11 is 0. The summed E-state index contributed by atoms with van der Waals surface area (Å²) in [6.45, 7) is 5.88. The van der Waals surface area contributed by atoms with Gasteiger partial charge in [0.25, 0.3) is 0 Å². The van der Waals surface area contributed by atoms with Gasteiger partial charge in [-0.1, -0.05) is 30.3 Å². The van der Waals surface area contributed by atoms with Crippen molar-refractivity contribution in [3.8, 4) is 0 Å². The maximum absolute atomic E-state index is 3.71. The number of rotatable bonds is 7. The standard InChI is InChI=1S/C17H29N3/c1-19(2)12-6-11-18-17-9-13-20(14-10-17)15-16-7-4-3-5-8-16/h3-5,7-8,17-18H,6,9-15H2,1-2H3. The SMILES string of the molecule is CN(C)CCCNC1CCN(Cc2ccccc2)CC1. The minimum atomic E-state index is 0.726. The van der Waals surface area contributed by atoms with Gasteiger partial charge in [0.1, 0.15) is 0 Å². The highest BCUT2D eigenvalue weighted by Gasteiger charge is 2.18. The lowest BCUT2D eigenvalue weighted by Gasteiger charge is -2.32. The summed E-state index contributed by atoms with van der Waals surface area (Å²) < 4.78 is 0. The van der Waals surface area contributed by atoms with E-state index in [-0.39, 0.29) is 0 Å². The van der Waals surface area contributed by atoms with Gasteiger partial charge in [-0.2, -0.15) is 0 Å². The van der Waals surface area contributed by atoms with E-state index in [2.05, 4.69) is 59.5 Å². The molecule has 0 saturated carbocycles. The molecule has 0 bridgehead atoms. The Morgan fingerprint density at radius 3 is 2.50 bits per heavy atom. The zero-order chi connectivity index (χ0) is 14.2. The maximum atomic E-state index is 3.71. The third-order valence-electron chi connectivity index (χ3n) is 4.05. The fourth-order valence-corrected chi connectivity index (χ4v) is 2.84. The van der Waals surface area contributed by atoms with E-state index < -0.39 is 0 Å². The Balaban J connectivity index is 1.60. The highest BCUT2D eigenvalue weighted by molar-refractivity contribution is 5.14. The molecule has 1 N–H and O–H groups in total. The second-order valence-corrected chi connectivity index (χ2v) is 6.15. The third kappa shape index (κ3) is 5.61. The van der Waals surface area contributed by atoms with Crippen molar-refractivity contribution in [2.45, 2.75) is 31.8 Å². The highest BCUT2D eigenvalue weighted by Crippen LogP contribution is 2.13. The normalized spacial score (nSPS) is 17.8. The number of benzene rings is 1. The van der Waals surface area contributed by atoms with Gasteiger partial charge in [0.2, 0.25) is 0 Å². The molecule has 0 aromatic heterocycles. The Morgan fingerprint density at radius 1 is 1.15 bits per heavy atom. The van der Waals surface area contributed by atoms with Crippen molar-refractivity contribution in [1.29, 1.82) is 0 Å². The molecule has 0 unspecified atom stereocenters. The van der Waals surface area contributed by atoms with Crippen LogP contribution in [0.15, 0.2) is 30.3 Å². The molecule has 1 heterocycles. The number of nitrogens with zero attached hydrogens (tertiary/aromatic N) is 2. The first-order valence-corrected chi connectivity index (χ1v) is 7.88. The molecule has 0 aliphatic carbocycles. The molecule has 1 aliphatic heterocycles. The predicted octanol–water partition coefficient (Wildman–Crippen LogP) is 2.19. The molecule has 3 heteroatoms. The molecule has 0 amide bonds. The van der Waals surface area contributed by atoms with Crippen LogP contribution in [0.2, 0.25) is 0 Å². The monoisotopic (exact) mass is 275 g/mol. The number of likely N-dealkylation sites (tertiary alicyclic amines) is 1. The number of hydrogen-bond acceptors (Lipinski definition) is 3. The Bertz CT molecular complexity index is 356. The zero-order valence-electron chi connectivity index (χ0n) is 13.0. The average Bonchev–Trinajstić information content (AvgIpc) is 2.46. The van der Waals surface area contributed by atoms with Gasteiger partial charge in [0.15, 0.2) is 0 Å². The number of piperidine rings is 1. The molecule has 1 aliphatic rings. The van der Waals surface area contributed by atoms with Crippen molar-refractivity contribution in [3.63, 3.8) is 0 Å². The first-order chi connectivity index (χ1) is 9.74. The van der Waals surface area contributed by atoms with Crippen LogP contribution in [0.5, 0.6) is 0 Å². The minimum absolute atomic E-state index is 0.726. The van der Waals surface area contributed by atoms with Gasteiger partial charge in [-0.05, 0) is 65.1 Å². The largest absolute Gasteiger partial charge is 0.314 e. The van der Waals surface area contributed by atoms with Crippen LogP contribution < -0.4 is 5.32 Å². The van der Waals surface area contributed by atoms with E-state index in [1.54, 1.807) is 0 Å². The summed E-state index contributed by atoms with van der Waals surface area (Å²) in [6, 6.07) is 11.5. The molecule has 1 fully saturated rings. The van der Waals surface area contributed by atoms with Crippen molar-refractivity contribution < 1.29 is 0 Å². The Morgan fingerprint density at radius 2 is 1.85 bits per heavy atom. The molecule has 1 aromatic rings. The van der Waals surface area contributed by atoms with E-state index in [1.807, 2.05) is 0 Å². The predicted molar refractivity (Wildman–Crippen MR) is 85.9 cm³/mol.